The first kappa shape index (κ1) is 18.4. The molecule has 0 aliphatic rings. The maximum absolute atomic E-state index is 12.5. The number of nitro benzene ring substituents is 1. The molecule has 3 rings (SSSR count). The second kappa shape index (κ2) is 7.88. The summed E-state index contributed by atoms with van der Waals surface area (Å²) in [7, 11) is 0. The molecule has 0 bridgehead atoms. The molecule has 0 aliphatic heterocycles. The van der Waals surface area contributed by atoms with Crippen molar-refractivity contribution in [2.45, 2.75) is 13.7 Å². The molecule has 0 aliphatic carbocycles. The summed E-state index contributed by atoms with van der Waals surface area (Å²) >= 11 is 5.83. The second-order valence-electron chi connectivity index (χ2n) is 5.68. The zero-order chi connectivity index (χ0) is 19.4. The molecule has 0 saturated heterocycles. The minimum atomic E-state index is -0.538. The highest BCUT2D eigenvalue weighted by atomic mass is 35.5. The van der Waals surface area contributed by atoms with Gasteiger partial charge in [-0.25, -0.2) is 4.68 Å². The molecule has 1 aromatic heterocycles. The van der Waals surface area contributed by atoms with Crippen molar-refractivity contribution in [2.75, 3.05) is 5.32 Å². The largest absolute Gasteiger partial charge is 0.471 e. The van der Waals surface area contributed by atoms with Crippen LogP contribution in [0.15, 0.2) is 54.7 Å². The Morgan fingerprint density at radius 3 is 2.70 bits per heavy atom. The maximum atomic E-state index is 12.5. The zero-order valence-corrected chi connectivity index (χ0v) is 15.0. The topological polar surface area (TPSA) is 99.3 Å². The molecule has 27 heavy (non-hydrogen) atoms. The number of carbonyl (C=O) groups excluding carboxylic acids is 1. The van der Waals surface area contributed by atoms with Crippen molar-refractivity contribution < 1.29 is 14.5 Å². The van der Waals surface area contributed by atoms with Gasteiger partial charge in [-0.3, -0.25) is 14.9 Å². The monoisotopic (exact) mass is 386 g/mol. The van der Waals surface area contributed by atoms with E-state index in [1.807, 2.05) is 0 Å². The molecule has 0 atom stereocenters. The lowest BCUT2D eigenvalue weighted by molar-refractivity contribution is -0.384. The van der Waals surface area contributed by atoms with Crippen molar-refractivity contribution in [3.63, 3.8) is 0 Å². The zero-order valence-electron chi connectivity index (χ0n) is 14.3. The molecule has 8 nitrogen and oxygen atoms in total. The summed E-state index contributed by atoms with van der Waals surface area (Å²) in [5, 5.41) is 18.4. The molecule has 0 saturated carbocycles. The van der Waals surface area contributed by atoms with Crippen molar-refractivity contribution >= 4 is 28.9 Å². The number of halogens is 1. The molecular weight excluding hydrogens is 372 g/mol. The van der Waals surface area contributed by atoms with E-state index in [1.165, 1.54) is 29.1 Å². The Hall–Kier alpha value is -3.39. The number of hydrogen-bond donors (Lipinski definition) is 1. The van der Waals surface area contributed by atoms with Crippen molar-refractivity contribution in [3.8, 4) is 5.75 Å². The van der Waals surface area contributed by atoms with E-state index < -0.39 is 10.8 Å². The van der Waals surface area contributed by atoms with Crippen LogP contribution in [0.2, 0.25) is 5.02 Å². The Morgan fingerprint density at radius 2 is 2.00 bits per heavy atom. The first-order valence-electron chi connectivity index (χ1n) is 7.90. The molecule has 9 heteroatoms. The van der Waals surface area contributed by atoms with Gasteiger partial charge in [0.25, 0.3) is 11.6 Å². The molecule has 0 fully saturated rings. The predicted octanol–water partition coefficient (Wildman–Crippen LogP) is 4.04. The highest BCUT2D eigenvalue weighted by Gasteiger charge is 2.19. The molecule has 0 spiro atoms. The fourth-order valence-electron chi connectivity index (χ4n) is 2.38. The molecule has 1 heterocycles. The lowest BCUT2D eigenvalue weighted by Gasteiger charge is -2.10. The van der Waals surface area contributed by atoms with Crippen LogP contribution in [0.25, 0.3) is 0 Å². The van der Waals surface area contributed by atoms with Crippen molar-refractivity contribution in [1.82, 2.24) is 9.78 Å². The van der Waals surface area contributed by atoms with Gasteiger partial charge in [0.1, 0.15) is 17.1 Å². The number of ether oxygens (including phenoxy) is 1. The molecule has 138 valence electrons. The highest BCUT2D eigenvalue weighted by molar-refractivity contribution is 6.30. The Kier molecular flexibility index (Phi) is 5.37. The number of nitrogens with zero attached hydrogens (tertiary/aromatic N) is 3. The summed E-state index contributed by atoms with van der Waals surface area (Å²) in [5.41, 5.74) is 0.869. The standard InChI is InChI=1S/C18H15ClN4O4/c1-12-2-7-15(17(10-12)23(25)26)21-18(24)16-8-9-20-22(16)11-27-14-5-3-13(19)4-6-14/h2-10H,11H2,1H3,(H,21,24). The average Bonchev–Trinajstić information content (AvgIpc) is 3.11. The van der Waals surface area contributed by atoms with Crippen molar-refractivity contribution in [1.29, 1.82) is 0 Å². The minimum Gasteiger partial charge on any atom is -0.471 e. The van der Waals surface area contributed by atoms with Gasteiger partial charge in [0.15, 0.2) is 6.73 Å². The van der Waals surface area contributed by atoms with Crippen LogP contribution in [-0.2, 0) is 6.73 Å². The maximum Gasteiger partial charge on any atom is 0.293 e. The van der Waals surface area contributed by atoms with Crippen molar-refractivity contribution in [2.24, 2.45) is 0 Å². The van der Waals surface area contributed by atoms with E-state index in [1.54, 1.807) is 37.3 Å². The normalized spacial score (nSPS) is 10.4. The van der Waals surface area contributed by atoms with Crippen molar-refractivity contribution in [3.05, 3.63) is 81.1 Å². The van der Waals surface area contributed by atoms with Crippen LogP contribution in [0, 0.1) is 17.0 Å². The Labute approximate surface area is 159 Å². The van der Waals surface area contributed by atoms with Gasteiger partial charge in [0.05, 0.1) is 4.92 Å². The number of nitrogens with one attached hydrogen (secondary N) is 1. The van der Waals surface area contributed by atoms with Gasteiger partial charge >= 0.3 is 0 Å². The smallest absolute Gasteiger partial charge is 0.293 e. The predicted molar refractivity (Wildman–Crippen MR) is 100 cm³/mol. The number of rotatable bonds is 6. The third kappa shape index (κ3) is 4.42. The van der Waals surface area contributed by atoms with E-state index in [0.717, 1.165) is 5.56 Å². The third-order valence-corrected chi connectivity index (χ3v) is 3.97. The Morgan fingerprint density at radius 1 is 1.26 bits per heavy atom. The number of anilines is 1. The van der Waals surface area contributed by atoms with Gasteiger partial charge in [0.2, 0.25) is 0 Å². The van der Waals surface area contributed by atoms with E-state index in [4.69, 9.17) is 16.3 Å². The van der Waals surface area contributed by atoms with Crippen LogP contribution >= 0.6 is 11.6 Å². The highest BCUT2D eigenvalue weighted by Crippen LogP contribution is 2.26. The number of amides is 1. The summed E-state index contributed by atoms with van der Waals surface area (Å²) in [4.78, 5) is 23.2. The lowest BCUT2D eigenvalue weighted by Crippen LogP contribution is -2.20. The van der Waals surface area contributed by atoms with E-state index >= 15 is 0 Å². The fraction of sp³-hybridized carbons (Fsp3) is 0.111. The number of hydrogen-bond acceptors (Lipinski definition) is 5. The van der Waals surface area contributed by atoms with Gasteiger partial charge in [0, 0.05) is 17.3 Å². The van der Waals surface area contributed by atoms with Gasteiger partial charge in [-0.15, -0.1) is 0 Å². The number of nitro groups is 1. The number of carbonyl (C=O) groups is 1. The van der Waals surface area contributed by atoms with Crippen LogP contribution in [0.5, 0.6) is 5.75 Å². The van der Waals surface area contributed by atoms with E-state index in [-0.39, 0.29) is 23.8 Å². The average molecular weight is 387 g/mol. The first-order chi connectivity index (χ1) is 12.9. The number of aryl methyl sites for hydroxylation is 1. The molecular formula is C18H15ClN4O4. The van der Waals surface area contributed by atoms with Crippen LogP contribution in [-0.4, -0.2) is 20.6 Å². The summed E-state index contributed by atoms with van der Waals surface area (Å²) < 4.78 is 6.93. The molecule has 3 aromatic rings. The molecule has 0 unspecified atom stereocenters. The molecule has 1 N–H and O–H groups in total. The Balaban J connectivity index is 1.74. The van der Waals surface area contributed by atoms with E-state index in [9.17, 15) is 14.9 Å². The van der Waals surface area contributed by atoms with Gasteiger partial charge in [-0.1, -0.05) is 17.7 Å². The van der Waals surface area contributed by atoms with Crippen LogP contribution in [0.1, 0.15) is 16.1 Å². The summed E-state index contributed by atoms with van der Waals surface area (Å²) in [6, 6.07) is 12.8. The Bertz CT molecular complexity index is 985. The van der Waals surface area contributed by atoms with Gasteiger partial charge < -0.3 is 10.1 Å². The SMILES string of the molecule is Cc1ccc(NC(=O)c2ccnn2COc2ccc(Cl)cc2)c([N+](=O)[O-])c1. The third-order valence-electron chi connectivity index (χ3n) is 3.71. The summed E-state index contributed by atoms with van der Waals surface area (Å²) in [6.07, 6.45) is 1.45. The molecule has 1 amide bonds. The summed E-state index contributed by atoms with van der Waals surface area (Å²) in [6.45, 7) is 1.73. The second-order valence-corrected chi connectivity index (χ2v) is 6.11. The summed E-state index contributed by atoms with van der Waals surface area (Å²) in [5.74, 6) is 0.0367. The molecule has 2 aromatic carbocycles. The lowest BCUT2D eigenvalue weighted by atomic mass is 10.2. The van der Waals surface area contributed by atoms with Gasteiger partial charge in [-0.2, -0.15) is 5.10 Å². The van der Waals surface area contributed by atoms with Crippen LogP contribution in [0.4, 0.5) is 11.4 Å². The van der Waals surface area contributed by atoms with E-state index in [2.05, 4.69) is 10.4 Å². The van der Waals surface area contributed by atoms with Gasteiger partial charge in [-0.05, 0) is 48.9 Å². The number of aromatic nitrogens is 2. The first-order valence-corrected chi connectivity index (χ1v) is 8.28. The fourth-order valence-corrected chi connectivity index (χ4v) is 2.51. The van der Waals surface area contributed by atoms with Crippen LogP contribution < -0.4 is 10.1 Å². The van der Waals surface area contributed by atoms with E-state index in [0.29, 0.717) is 10.8 Å². The quantitative estimate of drug-likeness (QED) is 0.509. The molecule has 0 radical (unpaired) electrons. The van der Waals surface area contributed by atoms with Crippen LogP contribution in [0.3, 0.4) is 0 Å². The number of benzene rings is 2. The minimum absolute atomic E-state index is 0.00657.